The molecule has 15 heavy (non-hydrogen) atoms. The average molecular weight is 214 g/mol. The number of hydrogen-bond donors (Lipinski definition) is 2. The van der Waals surface area contributed by atoms with E-state index in [1.165, 1.54) is 0 Å². The van der Waals surface area contributed by atoms with Gasteiger partial charge in [-0.15, -0.1) is 0 Å². The van der Waals surface area contributed by atoms with Gasteiger partial charge in [0.15, 0.2) is 0 Å². The third-order valence-electron chi connectivity index (χ3n) is 3.00. The second-order valence-electron chi connectivity index (χ2n) is 5.41. The fourth-order valence-corrected chi connectivity index (χ4v) is 1.13. The Bertz CT molecular complexity index is 196. The van der Waals surface area contributed by atoms with Gasteiger partial charge in [-0.3, -0.25) is 4.79 Å². The van der Waals surface area contributed by atoms with Gasteiger partial charge in [-0.05, 0) is 17.8 Å². The summed E-state index contributed by atoms with van der Waals surface area (Å²) < 4.78 is 0. The number of nitrogens with one attached hydrogen (secondary N) is 1. The molecule has 3 nitrogen and oxygen atoms in total. The van der Waals surface area contributed by atoms with E-state index >= 15 is 0 Å². The minimum Gasteiger partial charge on any atom is -0.354 e. The maximum atomic E-state index is 11.5. The zero-order valence-corrected chi connectivity index (χ0v) is 10.8. The minimum absolute atomic E-state index is 0.0204. The number of rotatable bonds is 5. The summed E-state index contributed by atoms with van der Waals surface area (Å²) in [6.45, 7) is 11.4. The van der Waals surface area contributed by atoms with Crippen molar-refractivity contribution in [1.82, 2.24) is 5.32 Å². The largest absolute Gasteiger partial charge is 0.354 e. The van der Waals surface area contributed by atoms with Gasteiger partial charge < -0.3 is 11.1 Å². The molecule has 0 saturated carbocycles. The highest BCUT2D eigenvalue weighted by atomic mass is 16.2. The molecule has 0 aliphatic carbocycles. The van der Waals surface area contributed by atoms with Gasteiger partial charge in [0.25, 0.3) is 0 Å². The summed E-state index contributed by atoms with van der Waals surface area (Å²) in [5.74, 6) is 0.434. The summed E-state index contributed by atoms with van der Waals surface area (Å²) in [6, 6.07) is -0.345. The van der Waals surface area contributed by atoms with Gasteiger partial charge in [-0.1, -0.05) is 41.0 Å². The van der Waals surface area contributed by atoms with Gasteiger partial charge in [0.2, 0.25) is 5.91 Å². The second-order valence-corrected chi connectivity index (χ2v) is 5.41. The topological polar surface area (TPSA) is 55.1 Å². The third kappa shape index (κ3) is 5.78. The Hall–Kier alpha value is -0.570. The highest BCUT2D eigenvalue weighted by molar-refractivity contribution is 5.81. The zero-order chi connectivity index (χ0) is 12.1. The Morgan fingerprint density at radius 3 is 2.33 bits per heavy atom. The van der Waals surface area contributed by atoms with Crippen molar-refractivity contribution in [2.75, 3.05) is 6.54 Å². The Labute approximate surface area is 93.8 Å². The molecule has 0 aliphatic heterocycles. The molecule has 0 fully saturated rings. The van der Waals surface area contributed by atoms with Gasteiger partial charge in [-0.2, -0.15) is 0 Å². The molecular weight excluding hydrogens is 188 g/mol. The van der Waals surface area contributed by atoms with Gasteiger partial charge >= 0.3 is 0 Å². The normalized spacial score (nSPS) is 15.9. The molecule has 2 atom stereocenters. The van der Waals surface area contributed by atoms with Crippen molar-refractivity contribution in [2.45, 2.75) is 53.5 Å². The van der Waals surface area contributed by atoms with Crippen LogP contribution in [0.25, 0.3) is 0 Å². The lowest BCUT2D eigenvalue weighted by Gasteiger charge is -2.27. The Morgan fingerprint density at radius 1 is 1.40 bits per heavy atom. The quantitative estimate of drug-likeness (QED) is 0.734. The van der Waals surface area contributed by atoms with Crippen LogP contribution in [0.4, 0.5) is 0 Å². The van der Waals surface area contributed by atoms with E-state index in [4.69, 9.17) is 5.73 Å². The van der Waals surface area contributed by atoms with Crippen molar-refractivity contribution in [3.8, 4) is 0 Å². The van der Waals surface area contributed by atoms with E-state index in [0.29, 0.717) is 12.5 Å². The lowest BCUT2D eigenvalue weighted by molar-refractivity contribution is -0.122. The molecule has 0 spiro atoms. The summed E-state index contributed by atoms with van der Waals surface area (Å²) >= 11 is 0. The van der Waals surface area contributed by atoms with Crippen LogP contribution in [0.2, 0.25) is 0 Å². The number of carbonyl (C=O) groups is 1. The molecule has 3 N–H and O–H groups in total. The number of nitrogens with two attached hydrogens (primary N) is 1. The third-order valence-corrected chi connectivity index (χ3v) is 3.00. The molecule has 0 heterocycles. The summed E-state index contributed by atoms with van der Waals surface area (Å²) in [4.78, 5) is 11.5. The highest BCUT2D eigenvalue weighted by Gasteiger charge is 2.21. The van der Waals surface area contributed by atoms with E-state index in [2.05, 4.69) is 33.0 Å². The maximum absolute atomic E-state index is 11.5. The molecule has 0 saturated heterocycles. The fraction of sp³-hybridized carbons (Fsp3) is 0.917. The molecule has 90 valence electrons. The zero-order valence-electron chi connectivity index (χ0n) is 10.8. The van der Waals surface area contributed by atoms with E-state index in [1.807, 2.05) is 6.92 Å². The van der Waals surface area contributed by atoms with Gasteiger partial charge in [-0.25, -0.2) is 0 Å². The molecular formula is C12H26N2O. The van der Waals surface area contributed by atoms with Crippen molar-refractivity contribution in [2.24, 2.45) is 17.1 Å². The maximum Gasteiger partial charge on any atom is 0.236 e. The van der Waals surface area contributed by atoms with Crippen LogP contribution < -0.4 is 11.1 Å². The molecule has 1 amide bonds. The molecule has 3 heteroatoms. The van der Waals surface area contributed by atoms with Gasteiger partial charge in [0.1, 0.15) is 0 Å². The van der Waals surface area contributed by atoms with Crippen molar-refractivity contribution in [3.63, 3.8) is 0 Å². The van der Waals surface area contributed by atoms with Crippen molar-refractivity contribution < 1.29 is 4.79 Å². The van der Waals surface area contributed by atoms with E-state index in [0.717, 1.165) is 12.8 Å². The van der Waals surface area contributed by atoms with E-state index in [1.54, 1.807) is 0 Å². The first kappa shape index (κ1) is 14.4. The standard InChI is InChI=1S/C12H26N2O/c1-6-7-10(13)11(15)14-8-9(2)12(3,4)5/h9-10H,6-8,13H2,1-5H3,(H,14,15)/t9?,10-/m1/s1. The van der Waals surface area contributed by atoms with Crippen molar-refractivity contribution >= 4 is 5.91 Å². The number of amides is 1. The Kier molecular flexibility index (Phi) is 5.88. The fourth-order valence-electron chi connectivity index (χ4n) is 1.13. The molecule has 1 unspecified atom stereocenters. The molecule has 0 aromatic carbocycles. The predicted octanol–water partition coefficient (Wildman–Crippen LogP) is 1.91. The van der Waals surface area contributed by atoms with E-state index < -0.39 is 0 Å². The predicted molar refractivity (Wildman–Crippen MR) is 64.5 cm³/mol. The van der Waals surface area contributed by atoms with Crippen LogP contribution in [0.15, 0.2) is 0 Å². The van der Waals surface area contributed by atoms with Crippen LogP contribution >= 0.6 is 0 Å². The van der Waals surface area contributed by atoms with Crippen molar-refractivity contribution in [1.29, 1.82) is 0 Å². The summed E-state index contributed by atoms with van der Waals surface area (Å²) in [5.41, 5.74) is 5.94. The van der Waals surface area contributed by atoms with Crippen LogP contribution in [0, 0.1) is 11.3 Å². The summed E-state index contributed by atoms with van der Waals surface area (Å²) in [5, 5.41) is 2.91. The van der Waals surface area contributed by atoms with Crippen LogP contribution in [0.3, 0.4) is 0 Å². The van der Waals surface area contributed by atoms with Crippen LogP contribution in [-0.2, 0) is 4.79 Å². The SMILES string of the molecule is CCC[C@@H](N)C(=O)NCC(C)C(C)(C)C. The first-order chi connectivity index (χ1) is 6.79. The number of hydrogen-bond acceptors (Lipinski definition) is 2. The second kappa shape index (κ2) is 6.11. The lowest BCUT2D eigenvalue weighted by atomic mass is 9.82. The van der Waals surface area contributed by atoms with Crippen LogP contribution in [0.5, 0.6) is 0 Å². The van der Waals surface area contributed by atoms with Gasteiger partial charge in [0.05, 0.1) is 6.04 Å². The van der Waals surface area contributed by atoms with E-state index in [-0.39, 0.29) is 17.4 Å². The molecule has 0 rings (SSSR count). The number of carbonyl (C=O) groups excluding carboxylic acids is 1. The van der Waals surface area contributed by atoms with Gasteiger partial charge in [0, 0.05) is 6.54 Å². The molecule has 0 aromatic heterocycles. The first-order valence-electron chi connectivity index (χ1n) is 5.82. The van der Waals surface area contributed by atoms with E-state index in [9.17, 15) is 4.79 Å². The highest BCUT2D eigenvalue weighted by Crippen LogP contribution is 2.24. The minimum atomic E-state index is -0.345. The van der Waals surface area contributed by atoms with Crippen LogP contribution in [-0.4, -0.2) is 18.5 Å². The molecule has 0 aromatic rings. The smallest absolute Gasteiger partial charge is 0.236 e. The average Bonchev–Trinajstić information content (AvgIpc) is 2.12. The molecule has 0 aliphatic rings. The monoisotopic (exact) mass is 214 g/mol. The van der Waals surface area contributed by atoms with Crippen molar-refractivity contribution in [3.05, 3.63) is 0 Å². The molecule has 0 bridgehead atoms. The summed E-state index contributed by atoms with van der Waals surface area (Å²) in [6.07, 6.45) is 1.71. The Morgan fingerprint density at radius 2 is 1.93 bits per heavy atom. The Balaban J connectivity index is 3.90. The summed E-state index contributed by atoms with van der Waals surface area (Å²) in [7, 11) is 0. The molecule has 0 radical (unpaired) electrons. The first-order valence-corrected chi connectivity index (χ1v) is 5.82. The lowest BCUT2D eigenvalue weighted by Crippen LogP contribution is -2.43. The van der Waals surface area contributed by atoms with Crippen LogP contribution in [0.1, 0.15) is 47.5 Å².